The Morgan fingerprint density at radius 3 is 2.80 bits per heavy atom. The van der Waals surface area contributed by atoms with Crippen LogP contribution >= 0.6 is 0 Å². The standard InChI is InChI=1S/C11H19O4/c1-3-6-13-9-10(12)4-5-11(2)14-7-8-15-11/h3,10H,1,4-9H2,2H3/t10-/m0/s1. The van der Waals surface area contributed by atoms with E-state index in [0.717, 1.165) is 0 Å². The zero-order valence-electron chi connectivity index (χ0n) is 9.24. The van der Waals surface area contributed by atoms with Gasteiger partial charge in [-0.1, -0.05) is 6.08 Å². The van der Waals surface area contributed by atoms with E-state index in [2.05, 4.69) is 6.58 Å². The molecule has 1 radical (unpaired) electrons. The maximum Gasteiger partial charge on any atom is 0.165 e. The number of rotatable bonds is 7. The average molecular weight is 215 g/mol. The van der Waals surface area contributed by atoms with Crippen LogP contribution in [0.5, 0.6) is 0 Å². The molecule has 4 nitrogen and oxygen atoms in total. The van der Waals surface area contributed by atoms with E-state index in [4.69, 9.17) is 14.2 Å². The van der Waals surface area contributed by atoms with Gasteiger partial charge in [0.05, 0.1) is 26.4 Å². The normalized spacial score (nSPS) is 21.5. The van der Waals surface area contributed by atoms with Crippen molar-refractivity contribution in [2.75, 3.05) is 26.4 Å². The molecular weight excluding hydrogens is 196 g/mol. The molecule has 1 heterocycles. The molecule has 1 fully saturated rings. The summed E-state index contributed by atoms with van der Waals surface area (Å²) in [5, 5.41) is 11.4. The van der Waals surface area contributed by atoms with Gasteiger partial charge < -0.3 is 14.2 Å². The lowest BCUT2D eigenvalue weighted by atomic mass is 10.1. The smallest absolute Gasteiger partial charge is 0.165 e. The highest BCUT2D eigenvalue weighted by Gasteiger charge is 2.31. The van der Waals surface area contributed by atoms with E-state index in [1.54, 1.807) is 6.08 Å². The van der Waals surface area contributed by atoms with Gasteiger partial charge in [0.15, 0.2) is 5.79 Å². The second-order valence-corrected chi connectivity index (χ2v) is 3.82. The van der Waals surface area contributed by atoms with Gasteiger partial charge in [0.1, 0.15) is 6.10 Å². The van der Waals surface area contributed by atoms with Crippen molar-refractivity contribution < 1.29 is 19.3 Å². The van der Waals surface area contributed by atoms with Crippen molar-refractivity contribution in [2.24, 2.45) is 0 Å². The van der Waals surface area contributed by atoms with E-state index in [-0.39, 0.29) is 6.61 Å². The molecule has 0 amide bonds. The summed E-state index contributed by atoms with van der Waals surface area (Å²) in [4.78, 5) is 0. The summed E-state index contributed by atoms with van der Waals surface area (Å²) in [5.41, 5.74) is 0. The van der Waals surface area contributed by atoms with Crippen molar-refractivity contribution in [3.8, 4) is 0 Å². The predicted molar refractivity (Wildman–Crippen MR) is 55.0 cm³/mol. The second kappa shape index (κ2) is 6.23. The van der Waals surface area contributed by atoms with Crippen molar-refractivity contribution >= 4 is 0 Å². The maximum atomic E-state index is 11.4. The SMILES string of the molecule is C=CCOC[C@@H]([O])CCC1(C)OCCO1. The molecular formula is C11H19O4. The quantitative estimate of drug-likeness (QED) is 0.478. The summed E-state index contributed by atoms with van der Waals surface area (Å²) in [6, 6.07) is 0. The lowest BCUT2D eigenvalue weighted by Gasteiger charge is -2.22. The molecule has 1 rings (SSSR count). The number of ether oxygens (including phenoxy) is 3. The first-order valence-corrected chi connectivity index (χ1v) is 5.29. The van der Waals surface area contributed by atoms with Gasteiger partial charge in [-0.15, -0.1) is 6.58 Å². The second-order valence-electron chi connectivity index (χ2n) is 3.82. The Bertz CT molecular complexity index is 187. The molecule has 0 bridgehead atoms. The van der Waals surface area contributed by atoms with E-state index in [1.165, 1.54) is 0 Å². The highest BCUT2D eigenvalue weighted by molar-refractivity contribution is 4.71. The first kappa shape index (κ1) is 12.6. The van der Waals surface area contributed by atoms with E-state index < -0.39 is 11.9 Å². The molecule has 15 heavy (non-hydrogen) atoms. The van der Waals surface area contributed by atoms with Crippen LogP contribution in [0.15, 0.2) is 12.7 Å². The molecule has 0 aromatic heterocycles. The van der Waals surface area contributed by atoms with Gasteiger partial charge in [-0.2, -0.15) is 0 Å². The Kier molecular flexibility index (Phi) is 5.25. The molecule has 1 aliphatic rings. The van der Waals surface area contributed by atoms with Crippen LogP contribution in [0.4, 0.5) is 0 Å². The van der Waals surface area contributed by atoms with Crippen molar-refractivity contribution in [3.63, 3.8) is 0 Å². The van der Waals surface area contributed by atoms with Gasteiger partial charge >= 0.3 is 0 Å². The Labute approximate surface area is 90.8 Å². The van der Waals surface area contributed by atoms with E-state index in [0.29, 0.717) is 32.7 Å². The Morgan fingerprint density at radius 1 is 1.53 bits per heavy atom. The molecule has 87 valence electrons. The predicted octanol–water partition coefficient (Wildman–Crippen LogP) is 1.53. The molecule has 1 saturated heterocycles. The van der Waals surface area contributed by atoms with Gasteiger partial charge in [-0.05, 0) is 13.3 Å². The summed E-state index contributed by atoms with van der Waals surface area (Å²) >= 11 is 0. The Balaban J connectivity index is 2.10. The van der Waals surface area contributed by atoms with Crippen LogP contribution in [0, 0.1) is 0 Å². The highest BCUT2D eigenvalue weighted by Crippen LogP contribution is 2.24. The monoisotopic (exact) mass is 215 g/mol. The molecule has 1 atom stereocenters. The molecule has 0 aromatic rings. The van der Waals surface area contributed by atoms with Gasteiger partial charge in [0.25, 0.3) is 0 Å². The van der Waals surface area contributed by atoms with Gasteiger partial charge in [0, 0.05) is 6.42 Å². The van der Waals surface area contributed by atoms with Crippen LogP contribution in [0.3, 0.4) is 0 Å². The minimum absolute atomic E-state index is 0.224. The molecule has 0 aromatic carbocycles. The fraction of sp³-hybridized carbons (Fsp3) is 0.818. The third-order valence-electron chi connectivity index (χ3n) is 2.36. The molecule has 0 saturated carbocycles. The van der Waals surface area contributed by atoms with E-state index in [1.807, 2.05) is 6.92 Å². The maximum absolute atomic E-state index is 11.4. The zero-order valence-corrected chi connectivity index (χ0v) is 9.24. The summed E-state index contributed by atoms with van der Waals surface area (Å²) in [6.45, 7) is 7.28. The highest BCUT2D eigenvalue weighted by atomic mass is 16.7. The Hall–Kier alpha value is -0.420. The first-order valence-electron chi connectivity index (χ1n) is 5.29. The Morgan fingerprint density at radius 2 is 2.20 bits per heavy atom. The van der Waals surface area contributed by atoms with Crippen LogP contribution in [0.25, 0.3) is 0 Å². The van der Waals surface area contributed by atoms with Crippen LogP contribution in [0.1, 0.15) is 19.8 Å². The van der Waals surface area contributed by atoms with Gasteiger partial charge in [0.2, 0.25) is 0 Å². The van der Waals surface area contributed by atoms with Crippen LogP contribution in [-0.4, -0.2) is 38.3 Å². The molecule has 1 aliphatic heterocycles. The van der Waals surface area contributed by atoms with E-state index >= 15 is 0 Å². The van der Waals surface area contributed by atoms with Gasteiger partial charge in [-0.3, -0.25) is 0 Å². The van der Waals surface area contributed by atoms with Crippen molar-refractivity contribution in [1.29, 1.82) is 0 Å². The first-order chi connectivity index (χ1) is 7.16. The third kappa shape index (κ3) is 4.75. The minimum atomic E-state index is -0.713. The fourth-order valence-corrected chi connectivity index (χ4v) is 1.49. The molecule has 0 unspecified atom stereocenters. The molecule has 4 heteroatoms. The molecule has 0 aliphatic carbocycles. The third-order valence-corrected chi connectivity index (χ3v) is 2.36. The van der Waals surface area contributed by atoms with Crippen LogP contribution in [0.2, 0.25) is 0 Å². The number of hydrogen-bond donors (Lipinski definition) is 0. The lowest BCUT2D eigenvalue weighted by Crippen LogP contribution is -2.28. The summed E-state index contributed by atoms with van der Waals surface area (Å²) < 4.78 is 15.9. The largest absolute Gasteiger partial charge is 0.375 e. The number of hydrogen-bond acceptors (Lipinski definition) is 3. The summed E-state index contributed by atoms with van der Waals surface area (Å²) in [5.74, 6) is -0.554. The van der Waals surface area contributed by atoms with Gasteiger partial charge in [-0.25, -0.2) is 5.11 Å². The van der Waals surface area contributed by atoms with Crippen molar-refractivity contribution in [2.45, 2.75) is 31.7 Å². The lowest BCUT2D eigenvalue weighted by molar-refractivity contribution is -0.154. The van der Waals surface area contributed by atoms with E-state index in [9.17, 15) is 5.11 Å². The minimum Gasteiger partial charge on any atom is -0.375 e. The summed E-state index contributed by atoms with van der Waals surface area (Å²) in [7, 11) is 0. The van der Waals surface area contributed by atoms with Crippen molar-refractivity contribution in [3.05, 3.63) is 12.7 Å². The van der Waals surface area contributed by atoms with Crippen molar-refractivity contribution in [1.82, 2.24) is 0 Å². The van der Waals surface area contributed by atoms with Crippen LogP contribution < -0.4 is 0 Å². The topological polar surface area (TPSA) is 47.6 Å². The van der Waals surface area contributed by atoms with Crippen LogP contribution in [-0.2, 0) is 19.3 Å². The summed E-state index contributed by atoms with van der Waals surface area (Å²) in [6.07, 6.45) is 2.05. The molecule has 0 N–H and O–H groups in total. The molecule has 0 spiro atoms. The average Bonchev–Trinajstić information content (AvgIpc) is 2.64. The fourth-order valence-electron chi connectivity index (χ4n) is 1.49. The zero-order chi connectivity index (χ0) is 11.1.